The first-order valence-electron chi connectivity index (χ1n) is 5.60. The molecular weight excluding hydrogens is 334 g/mol. The smallest absolute Gasteiger partial charge is 0.178 e. The summed E-state index contributed by atoms with van der Waals surface area (Å²) in [7, 11) is 1.50. The summed E-state index contributed by atoms with van der Waals surface area (Å²) in [6, 6.07) is 5.06. The molecule has 0 saturated heterocycles. The van der Waals surface area contributed by atoms with Gasteiger partial charge in [0, 0.05) is 15.9 Å². The van der Waals surface area contributed by atoms with E-state index in [0.717, 1.165) is 6.42 Å². The van der Waals surface area contributed by atoms with Crippen LogP contribution in [0.2, 0.25) is 0 Å². The average Bonchev–Trinajstić information content (AvgIpc) is 2.39. The molecule has 0 atom stereocenters. The van der Waals surface area contributed by atoms with Crippen LogP contribution in [0, 0.1) is 11.3 Å². The van der Waals surface area contributed by atoms with Crippen LogP contribution in [-0.2, 0) is 0 Å². The van der Waals surface area contributed by atoms with Crippen LogP contribution in [0.15, 0.2) is 16.6 Å². The summed E-state index contributed by atoms with van der Waals surface area (Å²) < 4.78 is 11.3. The lowest BCUT2D eigenvalue weighted by molar-refractivity contribution is 0.0996. The fourth-order valence-electron chi connectivity index (χ4n) is 1.42. The van der Waals surface area contributed by atoms with Gasteiger partial charge >= 0.3 is 0 Å². The second-order valence-electron chi connectivity index (χ2n) is 3.63. The van der Waals surface area contributed by atoms with E-state index in [4.69, 9.17) is 26.3 Å². The van der Waals surface area contributed by atoms with Crippen molar-refractivity contribution in [2.45, 2.75) is 12.8 Å². The highest BCUT2D eigenvalue weighted by atomic mass is 79.9. The van der Waals surface area contributed by atoms with Crippen LogP contribution in [-0.4, -0.2) is 25.4 Å². The van der Waals surface area contributed by atoms with Crippen LogP contribution in [0.4, 0.5) is 0 Å². The molecule has 0 fully saturated rings. The van der Waals surface area contributed by atoms with Gasteiger partial charge in [-0.25, -0.2) is 0 Å². The van der Waals surface area contributed by atoms with Crippen LogP contribution < -0.4 is 9.47 Å². The molecule has 0 amide bonds. The van der Waals surface area contributed by atoms with Gasteiger partial charge in [0.1, 0.15) is 0 Å². The van der Waals surface area contributed by atoms with Gasteiger partial charge in [-0.2, -0.15) is 5.26 Å². The molecule has 0 aliphatic rings. The van der Waals surface area contributed by atoms with E-state index in [1.807, 2.05) is 6.07 Å². The van der Waals surface area contributed by atoms with Gasteiger partial charge in [0.25, 0.3) is 0 Å². The minimum absolute atomic E-state index is 0.172. The fourth-order valence-corrected chi connectivity index (χ4v) is 2.08. The molecule has 0 radical (unpaired) electrons. The molecule has 0 bridgehead atoms. The fraction of sp³-hybridized carbons (Fsp3) is 0.385. The Morgan fingerprint density at radius 1 is 1.47 bits per heavy atom. The molecule has 0 saturated carbocycles. The van der Waals surface area contributed by atoms with E-state index in [-0.39, 0.29) is 12.2 Å². The summed E-state index contributed by atoms with van der Waals surface area (Å²) in [4.78, 5) is 11.7. The highest BCUT2D eigenvalue weighted by Gasteiger charge is 2.15. The third kappa shape index (κ3) is 4.41. The van der Waals surface area contributed by atoms with Crippen molar-refractivity contribution in [1.82, 2.24) is 0 Å². The number of hydrogen-bond donors (Lipinski definition) is 0. The van der Waals surface area contributed by atoms with E-state index < -0.39 is 0 Å². The number of ketones is 1. The van der Waals surface area contributed by atoms with E-state index in [2.05, 4.69) is 15.9 Å². The Labute approximate surface area is 125 Å². The largest absolute Gasteiger partial charge is 0.493 e. The van der Waals surface area contributed by atoms with E-state index in [1.54, 1.807) is 12.1 Å². The molecule has 1 rings (SSSR count). The summed E-state index contributed by atoms with van der Waals surface area (Å²) >= 11 is 8.88. The monoisotopic (exact) mass is 345 g/mol. The average molecular weight is 347 g/mol. The third-order valence-electron chi connectivity index (χ3n) is 2.33. The van der Waals surface area contributed by atoms with Crippen molar-refractivity contribution in [3.8, 4) is 17.6 Å². The number of alkyl halides is 1. The van der Waals surface area contributed by atoms with Crippen molar-refractivity contribution in [3.05, 3.63) is 22.2 Å². The van der Waals surface area contributed by atoms with Crippen LogP contribution in [0.5, 0.6) is 11.5 Å². The minimum atomic E-state index is -0.264. The number of carbonyl (C=O) groups excluding carboxylic acids is 1. The maximum Gasteiger partial charge on any atom is 0.178 e. The Hall–Kier alpha value is -1.25. The maximum atomic E-state index is 11.7. The van der Waals surface area contributed by atoms with E-state index in [9.17, 15) is 4.79 Å². The summed E-state index contributed by atoms with van der Waals surface area (Å²) in [5, 5.41) is 8.56. The number of halogens is 2. The number of Topliss-reactive ketones (excluding diaryl/α,β-unsaturated/α-hetero) is 1. The van der Waals surface area contributed by atoms with Gasteiger partial charge in [0.15, 0.2) is 17.3 Å². The molecule has 4 nitrogen and oxygen atoms in total. The van der Waals surface area contributed by atoms with E-state index in [1.165, 1.54) is 7.11 Å². The Balaban J connectivity index is 3.00. The third-order valence-corrected chi connectivity index (χ3v) is 3.25. The topological polar surface area (TPSA) is 59.3 Å². The Morgan fingerprint density at radius 3 is 2.79 bits per heavy atom. The summed E-state index contributed by atoms with van der Waals surface area (Å²) in [6.45, 7) is 0.470. The van der Waals surface area contributed by atoms with E-state index in [0.29, 0.717) is 34.0 Å². The van der Waals surface area contributed by atoms with Crippen molar-refractivity contribution < 1.29 is 14.3 Å². The molecule has 102 valence electrons. The van der Waals surface area contributed by atoms with Gasteiger partial charge < -0.3 is 9.47 Å². The Bertz CT molecular complexity index is 499. The number of nitriles is 1. The first kappa shape index (κ1) is 15.8. The number of nitrogens with zero attached hydrogens (tertiary/aromatic N) is 1. The number of hydrogen-bond acceptors (Lipinski definition) is 4. The van der Waals surface area contributed by atoms with Crippen LogP contribution in [0.1, 0.15) is 23.2 Å². The SMILES string of the molecule is COc1cc(C(=O)CC#N)c(Br)cc1OCCCCl. The molecule has 1 aromatic carbocycles. The second-order valence-corrected chi connectivity index (χ2v) is 4.86. The van der Waals surface area contributed by atoms with Gasteiger partial charge in [0.05, 0.1) is 26.2 Å². The first-order chi connectivity index (χ1) is 9.13. The standard InChI is InChI=1S/C13H13BrClNO3/c1-18-12-7-9(11(17)3-5-16)10(14)8-13(12)19-6-2-4-15/h7-8H,2-4,6H2,1H3. The predicted octanol–water partition coefficient (Wildman–Crippen LogP) is 3.56. The highest BCUT2D eigenvalue weighted by molar-refractivity contribution is 9.10. The highest BCUT2D eigenvalue weighted by Crippen LogP contribution is 2.34. The van der Waals surface area contributed by atoms with E-state index >= 15 is 0 Å². The zero-order chi connectivity index (χ0) is 14.3. The summed E-state index contributed by atoms with van der Waals surface area (Å²) in [5.74, 6) is 1.24. The number of benzene rings is 1. The summed E-state index contributed by atoms with van der Waals surface area (Å²) in [5.41, 5.74) is 0.406. The second kappa shape index (κ2) is 8.03. The lowest BCUT2D eigenvalue weighted by Crippen LogP contribution is -2.04. The molecular formula is C13H13BrClNO3. The van der Waals surface area contributed by atoms with Crippen molar-refractivity contribution >= 4 is 33.3 Å². The molecule has 19 heavy (non-hydrogen) atoms. The molecule has 0 aromatic heterocycles. The van der Waals surface area contributed by atoms with Crippen molar-refractivity contribution in [1.29, 1.82) is 5.26 Å². The number of ether oxygens (including phenoxy) is 2. The molecule has 1 aromatic rings. The van der Waals surface area contributed by atoms with Gasteiger partial charge in [-0.3, -0.25) is 4.79 Å². The minimum Gasteiger partial charge on any atom is -0.493 e. The Morgan fingerprint density at radius 2 is 2.21 bits per heavy atom. The molecule has 6 heteroatoms. The molecule has 0 aliphatic carbocycles. The lowest BCUT2D eigenvalue weighted by Gasteiger charge is -2.12. The van der Waals surface area contributed by atoms with Gasteiger partial charge in [-0.15, -0.1) is 11.6 Å². The quantitative estimate of drug-likeness (QED) is 0.430. The van der Waals surface area contributed by atoms with Gasteiger partial charge in [0.2, 0.25) is 0 Å². The molecule has 0 spiro atoms. The predicted molar refractivity (Wildman–Crippen MR) is 76.1 cm³/mol. The number of rotatable bonds is 7. The molecule has 0 unspecified atom stereocenters. The van der Waals surface area contributed by atoms with Crippen molar-refractivity contribution in [3.63, 3.8) is 0 Å². The summed E-state index contributed by atoms with van der Waals surface area (Å²) in [6.07, 6.45) is 0.547. The Kier molecular flexibility index (Phi) is 6.68. The number of carbonyl (C=O) groups is 1. The van der Waals surface area contributed by atoms with Gasteiger partial charge in [-0.05, 0) is 34.5 Å². The van der Waals surface area contributed by atoms with Crippen LogP contribution in [0.25, 0.3) is 0 Å². The zero-order valence-corrected chi connectivity index (χ0v) is 12.8. The first-order valence-corrected chi connectivity index (χ1v) is 6.93. The lowest BCUT2D eigenvalue weighted by atomic mass is 10.1. The molecule has 0 heterocycles. The molecule has 0 aliphatic heterocycles. The maximum absolute atomic E-state index is 11.7. The molecule has 0 N–H and O–H groups in total. The van der Waals surface area contributed by atoms with Crippen LogP contribution in [0.3, 0.4) is 0 Å². The zero-order valence-electron chi connectivity index (χ0n) is 10.4. The van der Waals surface area contributed by atoms with Crippen LogP contribution >= 0.6 is 27.5 Å². The normalized spacial score (nSPS) is 9.79. The van der Waals surface area contributed by atoms with Crippen molar-refractivity contribution in [2.75, 3.05) is 19.6 Å². The number of methoxy groups -OCH3 is 1. The van der Waals surface area contributed by atoms with Crippen molar-refractivity contribution in [2.24, 2.45) is 0 Å². The van der Waals surface area contributed by atoms with Gasteiger partial charge in [-0.1, -0.05) is 0 Å².